The highest BCUT2D eigenvalue weighted by Crippen LogP contribution is 2.30. The van der Waals surface area contributed by atoms with Crippen LogP contribution < -0.4 is 4.74 Å². The van der Waals surface area contributed by atoms with E-state index in [9.17, 15) is 18.0 Å². The number of esters is 1. The smallest absolute Gasteiger partial charge is 0.416 e. The predicted molar refractivity (Wildman–Crippen MR) is 86.8 cm³/mol. The normalized spacial score (nSPS) is 11.8. The molecule has 0 N–H and O–H groups in total. The second-order valence-electron chi connectivity index (χ2n) is 5.53. The molecule has 2 aromatic rings. The van der Waals surface area contributed by atoms with Crippen molar-refractivity contribution >= 4 is 12.0 Å². The molecule has 0 aliphatic carbocycles. The highest BCUT2D eigenvalue weighted by Gasteiger charge is 2.30. The zero-order chi connectivity index (χ0) is 17.9. The Labute approximate surface area is 138 Å². The minimum Gasteiger partial charge on any atom is -0.423 e. The summed E-state index contributed by atoms with van der Waals surface area (Å²) >= 11 is 0. The molecule has 2 nitrogen and oxygen atoms in total. The Balaban J connectivity index is 2.16. The van der Waals surface area contributed by atoms with Crippen LogP contribution in [0.25, 0.3) is 6.08 Å². The van der Waals surface area contributed by atoms with Crippen LogP contribution in [0, 0.1) is 20.8 Å². The molecule has 0 atom stereocenters. The molecule has 0 saturated carbocycles. The summed E-state index contributed by atoms with van der Waals surface area (Å²) in [6.07, 6.45) is -1.99. The minimum absolute atomic E-state index is 0.277. The van der Waals surface area contributed by atoms with E-state index in [1.165, 1.54) is 18.2 Å². The zero-order valence-corrected chi connectivity index (χ0v) is 13.6. The largest absolute Gasteiger partial charge is 0.423 e. The van der Waals surface area contributed by atoms with E-state index in [-0.39, 0.29) is 5.56 Å². The van der Waals surface area contributed by atoms with Crippen molar-refractivity contribution in [3.63, 3.8) is 0 Å². The average molecular weight is 334 g/mol. The fraction of sp³-hybridized carbons (Fsp3) is 0.211. The number of ether oxygens (including phenoxy) is 1. The van der Waals surface area contributed by atoms with Crippen LogP contribution >= 0.6 is 0 Å². The SMILES string of the molecule is Cc1ccc(C)c(OC(=O)/C=C/c2cccc(C(F)(F)F)c2)c1C. The summed E-state index contributed by atoms with van der Waals surface area (Å²) in [5.41, 5.74) is 2.18. The maximum Gasteiger partial charge on any atom is 0.416 e. The highest BCUT2D eigenvalue weighted by molar-refractivity contribution is 5.89. The van der Waals surface area contributed by atoms with Crippen molar-refractivity contribution in [2.24, 2.45) is 0 Å². The van der Waals surface area contributed by atoms with Crippen LogP contribution in [0.3, 0.4) is 0 Å². The van der Waals surface area contributed by atoms with E-state index in [1.807, 2.05) is 32.9 Å². The molecule has 0 bridgehead atoms. The average Bonchev–Trinajstić information content (AvgIpc) is 2.53. The third kappa shape index (κ3) is 4.25. The van der Waals surface area contributed by atoms with E-state index in [0.717, 1.165) is 34.9 Å². The van der Waals surface area contributed by atoms with Crippen LogP contribution in [0.15, 0.2) is 42.5 Å². The van der Waals surface area contributed by atoms with Gasteiger partial charge in [0.1, 0.15) is 5.75 Å². The Kier molecular flexibility index (Phi) is 5.12. The van der Waals surface area contributed by atoms with Gasteiger partial charge in [-0.25, -0.2) is 4.79 Å². The highest BCUT2D eigenvalue weighted by atomic mass is 19.4. The Morgan fingerprint density at radius 3 is 2.38 bits per heavy atom. The Morgan fingerprint density at radius 2 is 1.71 bits per heavy atom. The van der Waals surface area contributed by atoms with Crippen LogP contribution in [0.1, 0.15) is 27.8 Å². The molecule has 0 aliphatic heterocycles. The fourth-order valence-electron chi connectivity index (χ4n) is 2.20. The van der Waals surface area contributed by atoms with E-state index in [4.69, 9.17) is 4.74 Å². The number of aryl methyl sites for hydroxylation is 2. The Bertz CT molecular complexity index is 790. The van der Waals surface area contributed by atoms with E-state index in [1.54, 1.807) is 0 Å². The quantitative estimate of drug-likeness (QED) is 0.435. The maximum atomic E-state index is 12.7. The van der Waals surface area contributed by atoms with Gasteiger partial charge in [-0.2, -0.15) is 13.2 Å². The molecule has 0 aliphatic rings. The topological polar surface area (TPSA) is 26.3 Å². The predicted octanol–water partition coefficient (Wildman–Crippen LogP) is 5.25. The first-order valence-electron chi connectivity index (χ1n) is 7.32. The molecule has 2 rings (SSSR count). The van der Waals surface area contributed by atoms with Gasteiger partial charge in [0.25, 0.3) is 0 Å². The summed E-state index contributed by atoms with van der Waals surface area (Å²) in [5.74, 6) is -0.155. The maximum absolute atomic E-state index is 12.7. The van der Waals surface area contributed by atoms with Crippen LogP contribution in [0.4, 0.5) is 13.2 Å². The molecule has 0 aromatic heterocycles. The minimum atomic E-state index is -4.42. The van der Waals surface area contributed by atoms with Crippen molar-refractivity contribution in [3.8, 4) is 5.75 Å². The summed E-state index contributed by atoms with van der Waals surface area (Å²) in [7, 11) is 0. The van der Waals surface area contributed by atoms with Gasteiger partial charge in [-0.3, -0.25) is 0 Å². The first kappa shape index (κ1) is 17.8. The number of carbonyl (C=O) groups excluding carboxylic acids is 1. The first-order valence-corrected chi connectivity index (χ1v) is 7.32. The number of hydrogen-bond acceptors (Lipinski definition) is 2. The summed E-state index contributed by atoms with van der Waals surface area (Å²) < 4.78 is 43.3. The molecular weight excluding hydrogens is 317 g/mol. The van der Waals surface area contributed by atoms with Crippen molar-refractivity contribution in [2.45, 2.75) is 26.9 Å². The van der Waals surface area contributed by atoms with Crippen LogP contribution in [0.5, 0.6) is 5.75 Å². The van der Waals surface area contributed by atoms with E-state index in [2.05, 4.69) is 0 Å². The summed E-state index contributed by atoms with van der Waals surface area (Å²) in [5, 5.41) is 0. The number of halogens is 3. The van der Waals surface area contributed by atoms with Gasteiger partial charge < -0.3 is 4.74 Å². The Morgan fingerprint density at radius 1 is 1.04 bits per heavy atom. The van der Waals surface area contributed by atoms with Crippen molar-refractivity contribution < 1.29 is 22.7 Å². The van der Waals surface area contributed by atoms with Gasteiger partial charge in [-0.05, 0) is 61.2 Å². The summed E-state index contributed by atoms with van der Waals surface area (Å²) in [4.78, 5) is 12.0. The number of alkyl halides is 3. The molecule has 0 amide bonds. The first-order chi connectivity index (χ1) is 11.2. The molecule has 5 heteroatoms. The molecule has 126 valence electrons. The molecule has 0 saturated heterocycles. The van der Waals surface area contributed by atoms with Gasteiger partial charge in [0, 0.05) is 6.08 Å². The lowest BCUT2D eigenvalue weighted by molar-refractivity contribution is -0.137. The standard InChI is InChI=1S/C19H17F3O2/c1-12-7-8-13(2)18(14(12)3)24-17(23)10-9-15-5-4-6-16(11-15)19(20,21)22/h4-11H,1-3H3/b10-9+. The van der Waals surface area contributed by atoms with Crippen LogP contribution in [-0.2, 0) is 11.0 Å². The van der Waals surface area contributed by atoms with Gasteiger partial charge in [-0.1, -0.05) is 24.3 Å². The van der Waals surface area contributed by atoms with Crippen molar-refractivity contribution in [1.29, 1.82) is 0 Å². The van der Waals surface area contributed by atoms with Gasteiger partial charge in [0.15, 0.2) is 0 Å². The molecule has 0 spiro atoms. The lowest BCUT2D eigenvalue weighted by Crippen LogP contribution is -2.07. The third-order valence-corrected chi connectivity index (χ3v) is 3.70. The Hall–Kier alpha value is -2.56. The lowest BCUT2D eigenvalue weighted by Gasteiger charge is -2.11. The number of hydrogen-bond donors (Lipinski definition) is 0. The van der Waals surface area contributed by atoms with Crippen molar-refractivity contribution in [2.75, 3.05) is 0 Å². The molecule has 24 heavy (non-hydrogen) atoms. The molecule has 2 aromatic carbocycles. The van der Waals surface area contributed by atoms with Crippen LogP contribution in [0.2, 0.25) is 0 Å². The fourth-order valence-corrected chi connectivity index (χ4v) is 2.20. The molecule has 0 heterocycles. The van der Waals surface area contributed by atoms with Crippen LogP contribution in [-0.4, -0.2) is 5.97 Å². The molecule has 0 fully saturated rings. The lowest BCUT2D eigenvalue weighted by atomic mass is 10.1. The monoisotopic (exact) mass is 334 g/mol. The number of carbonyl (C=O) groups is 1. The second-order valence-corrected chi connectivity index (χ2v) is 5.53. The molecule has 0 radical (unpaired) electrons. The van der Waals surface area contributed by atoms with Gasteiger partial charge in [0.2, 0.25) is 0 Å². The number of benzene rings is 2. The second kappa shape index (κ2) is 6.91. The van der Waals surface area contributed by atoms with E-state index < -0.39 is 17.7 Å². The zero-order valence-electron chi connectivity index (χ0n) is 13.6. The van der Waals surface area contributed by atoms with Gasteiger partial charge in [-0.15, -0.1) is 0 Å². The molecule has 0 unspecified atom stereocenters. The third-order valence-electron chi connectivity index (χ3n) is 3.70. The van der Waals surface area contributed by atoms with Crippen molar-refractivity contribution in [1.82, 2.24) is 0 Å². The van der Waals surface area contributed by atoms with Crippen molar-refractivity contribution in [3.05, 3.63) is 70.3 Å². The number of rotatable bonds is 3. The summed E-state index contributed by atoms with van der Waals surface area (Å²) in [6.45, 7) is 5.58. The van der Waals surface area contributed by atoms with Gasteiger partial charge in [0.05, 0.1) is 5.56 Å². The van der Waals surface area contributed by atoms with E-state index in [0.29, 0.717) is 5.75 Å². The summed E-state index contributed by atoms with van der Waals surface area (Å²) in [6, 6.07) is 8.52. The van der Waals surface area contributed by atoms with E-state index >= 15 is 0 Å². The molecular formula is C19H17F3O2. The van der Waals surface area contributed by atoms with Gasteiger partial charge >= 0.3 is 12.1 Å².